The number of rotatable bonds is 8. The van der Waals surface area contributed by atoms with Gasteiger partial charge in [-0.2, -0.15) is 15.2 Å². The number of nitrogens with one attached hydrogen (secondary N) is 3. The van der Waals surface area contributed by atoms with E-state index in [0.717, 1.165) is 22.3 Å². The minimum Gasteiger partial charge on any atom is -0.383 e. The average Bonchev–Trinajstić information content (AvgIpc) is 3.29. The van der Waals surface area contributed by atoms with Gasteiger partial charge in [0.15, 0.2) is 0 Å². The third-order valence-corrected chi connectivity index (χ3v) is 5.58. The van der Waals surface area contributed by atoms with Crippen LogP contribution in [0.5, 0.6) is 0 Å². The zero-order valence-corrected chi connectivity index (χ0v) is 17.2. The summed E-state index contributed by atoms with van der Waals surface area (Å²) in [6.07, 6.45) is 5.79. The molecule has 0 amide bonds. The van der Waals surface area contributed by atoms with Crippen LogP contribution in [0.2, 0.25) is 0 Å². The quantitative estimate of drug-likeness (QED) is 0.345. The highest BCUT2D eigenvalue weighted by Gasteiger charge is 2.26. The number of benzene rings is 1. The molecule has 31 heavy (non-hydrogen) atoms. The van der Waals surface area contributed by atoms with E-state index in [1.807, 2.05) is 18.0 Å². The molecule has 3 aromatic heterocycles. The summed E-state index contributed by atoms with van der Waals surface area (Å²) in [7, 11) is 1.88. The molecule has 5 rings (SSSR count). The maximum absolute atomic E-state index is 14.1. The molecule has 4 aromatic rings. The lowest BCUT2D eigenvalue weighted by Gasteiger charge is -2.23. The molecular weight excluding hydrogens is 397 g/mol. The first-order valence-corrected chi connectivity index (χ1v) is 10.3. The summed E-state index contributed by atoms with van der Waals surface area (Å²) in [5.41, 5.74) is 10.3. The topological polar surface area (TPSA) is 124 Å². The first kappa shape index (κ1) is 19.4. The predicted molar refractivity (Wildman–Crippen MR) is 117 cm³/mol. The first-order chi connectivity index (χ1) is 15.1. The number of aromatic amines is 2. The van der Waals surface area contributed by atoms with Crippen LogP contribution in [0.25, 0.3) is 22.2 Å². The predicted octanol–water partition coefficient (Wildman–Crippen LogP) is 2.57. The maximum Gasteiger partial charge on any atom is 0.227 e. The van der Waals surface area contributed by atoms with E-state index in [4.69, 9.17) is 5.73 Å². The van der Waals surface area contributed by atoms with E-state index >= 15 is 0 Å². The molecule has 160 valence electrons. The Bertz CT molecular complexity index is 1210. The number of hydrogen-bond acceptors (Lipinski definition) is 7. The van der Waals surface area contributed by atoms with E-state index in [2.05, 4.69) is 35.7 Å². The van der Waals surface area contributed by atoms with Crippen molar-refractivity contribution in [3.05, 3.63) is 47.7 Å². The minimum absolute atomic E-state index is 0.318. The molecule has 0 atom stereocenters. The van der Waals surface area contributed by atoms with Gasteiger partial charge in [-0.05, 0) is 43.7 Å². The second kappa shape index (κ2) is 7.95. The Labute approximate surface area is 178 Å². The zero-order chi connectivity index (χ0) is 21.4. The highest BCUT2D eigenvalue weighted by atomic mass is 19.1. The second-order valence-electron chi connectivity index (χ2n) is 7.87. The van der Waals surface area contributed by atoms with E-state index in [0.29, 0.717) is 48.4 Å². The number of hydrogen-bond donors (Lipinski definition) is 4. The Kier molecular flexibility index (Phi) is 4.99. The molecule has 1 fully saturated rings. The summed E-state index contributed by atoms with van der Waals surface area (Å²) in [4.78, 5) is 11.1. The van der Waals surface area contributed by atoms with Gasteiger partial charge in [-0.1, -0.05) is 0 Å². The van der Waals surface area contributed by atoms with Crippen molar-refractivity contribution in [2.45, 2.75) is 25.3 Å². The molecule has 0 bridgehead atoms. The highest BCUT2D eigenvalue weighted by molar-refractivity contribution is 5.82. The lowest BCUT2D eigenvalue weighted by molar-refractivity contribution is 0.625. The van der Waals surface area contributed by atoms with Crippen LogP contribution in [0.1, 0.15) is 30.0 Å². The number of nitrogens with zero attached hydrogens (tertiary/aromatic N) is 5. The molecule has 5 N–H and O–H groups in total. The normalized spacial score (nSPS) is 13.7. The molecule has 0 saturated heterocycles. The van der Waals surface area contributed by atoms with E-state index < -0.39 is 0 Å². The van der Waals surface area contributed by atoms with Gasteiger partial charge in [0.05, 0.1) is 23.0 Å². The number of likely N-dealkylation sites (N-methyl/N-ethyl adjacent to an activating group) is 1. The molecule has 0 unspecified atom stereocenters. The monoisotopic (exact) mass is 421 g/mol. The number of halogens is 1. The summed E-state index contributed by atoms with van der Waals surface area (Å²) in [5, 5.41) is 18.3. The van der Waals surface area contributed by atoms with Gasteiger partial charge in [0.1, 0.15) is 11.6 Å². The lowest BCUT2D eigenvalue weighted by atomic mass is 10.1. The summed E-state index contributed by atoms with van der Waals surface area (Å²) >= 11 is 0. The van der Waals surface area contributed by atoms with Crippen LogP contribution in [0.4, 0.5) is 16.2 Å². The SMILES string of the molecule is CNCCN(Cc1cc(F)cc2[nH]ncc12)c1ncc(-c2cc(C3CC3)[nH]n2)c(N)n1. The zero-order valence-electron chi connectivity index (χ0n) is 17.2. The van der Waals surface area contributed by atoms with Crippen molar-refractivity contribution < 1.29 is 4.39 Å². The summed E-state index contributed by atoms with van der Waals surface area (Å²) in [5.74, 6) is 1.10. The van der Waals surface area contributed by atoms with Crippen molar-refractivity contribution in [1.29, 1.82) is 0 Å². The van der Waals surface area contributed by atoms with Crippen molar-refractivity contribution in [3.63, 3.8) is 0 Å². The van der Waals surface area contributed by atoms with E-state index in [9.17, 15) is 4.39 Å². The van der Waals surface area contributed by atoms with Crippen LogP contribution in [0.15, 0.2) is 30.6 Å². The van der Waals surface area contributed by atoms with Gasteiger partial charge in [0.25, 0.3) is 0 Å². The van der Waals surface area contributed by atoms with Gasteiger partial charge in [0, 0.05) is 42.8 Å². The number of nitrogen functional groups attached to an aromatic ring is 1. The van der Waals surface area contributed by atoms with E-state index in [1.165, 1.54) is 25.0 Å². The largest absolute Gasteiger partial charge is 0.383 e. The Morgan fingerprint density at radius 1 is 1.23 bits per heavy atom. The van der Waals surface area contributed by atoms with Gasteiger partial charge in [-0.3, -0.25) is 10.2 Å². The molecule has 3 heterocycles. The molecule has 1 aliphatic carbocycles. The third kappa shape index (κ3) is 3.93. The van der Waals surface area contributed by atoms with Crippen LogP contribution in [-0.4, -0.2) is 50.5 Å². The number of fused-ring (bicyclic) bond motifs is 1. The van der Waals surface area contributed by atoms with Gasteiger partial charge < -0.3 is 16.0 Å². The fraction of sp³-hybridized carbons (Fsp3) is 0.333. The molecule has 0 radical (unpaired) electrons. The van der Waals surface area contributed by atoms with Gasteiger partial charge in [-0.25, -0.2) is 9.37 Å². The molecule has 9 nitrogen and oxygen atoms in total. The molecule has 1 aliphatic rings. The molecule has 1 saturated carbocycles. The van der Waals surface area contributed by atoms with Crippen molar-refractivity contribution >= 4 is 22.7 Å². The molecule has 0 aliphatic heterocycles. The smallest absolute Gasteiger partial charge is 0.227 e. The molecular formula is C21H24FN9. The number of anilines is 2. The van der Waals surface area contributed by atoms with Crippen LogP contribution in [0, 0.1) is 5.82 Å². The standard InChI is InChI=1S/C21H24FN9/c1-24-4-5-31(11-13-6-14(22)7-18-15(13)10-26-28-18)21-25-9-16(20(23)27-21)19-8-17(29-30-19)12-2-3-12/h6-10,12,24H,2-5,11H2,1H3,(H,26,28)(H,29,30)(H2,23,25,27). The second-order valence-corrected chi connectivity index (χ2v) is 7.87. The maximum atomic E-state index is 14.1. The summed E-state index contributed by atoms with van der Waals surface area (Å²) in [6.45, 7) is 1.75. The van der Waals surface area contributed by atoms with Crippen LogP contribution in [-0.2, 0) is 6.54 Å². The van der Waals surface area contributed by atoms with E-state index in [1.54, 1.807) is 12.4 Å². The fourth-order valence-corrected chi connectivity index (χ4v) is 3.73. The van der Waals surface area contributed by atoms with Gasteiger partial charge >= 0.3 is 0 Å². The van der Waals surface area contributed by atoms with Crippen LogP contribution >= 0.6 is 0 Å². The van der Waals surface area contributed by atoms with Gasteiger partial charge in [0.2, 0.25) is 5.95 Å². The number of nitrogens with two attached hydrogens (primary N) is 1. The van der Waals surface area contributed by atoms with Gasteiger partial charge in [-0.15, -0.1) is 0 Å². The molecule has 1 aromatic carbocycles. The van der Waals surface area contributed by atoms with Crippen molar-refractivity contribution in [2.75, 3.05) is 30.8 Å². The van der Waals surface area contributed by atoms with Crippen molar-refractivity contribution in [3.8, 4) is 11.3 Å². The third-order valence-electron chi connectivity index (χ3n) is 5.58. The molecule has 0 spiro atoms. The fourth-order valence-electron chi connectivity index (χ4n) is 3.73. The van der Waals surface area contributed by atoms with E-state index in [-0.39, 0.29) is 5.82 Å². The number of aromatic nitrogens is 6. The number of H-pyrrole nitrogens is 2. The summed E-state index contributed by atoms with van der Waals surface area (Å²) < 4.78 is 14.1. The lowest BCUT2D eigenvalue weighted by Crippen LogP contribution is -2.32. The van der Waals surface area contributed by atoms with Crippen LogP contribution in [0.3, 0.4) is 0 Å². The van der Waals surface area contributed by atoms with Crippen molar-refractivity contribution in [2.24, 2.45) is 0 Å². The Balaban J connectivity index is 1.45. The Morgan fingerprint density at radius 3 is 2.87 bits per heavy atom. The first-order valence-electron chi connectivity index (χ1n) is 10.3. The average molecular weight is 421 g/mol. The van der Waals surface area contributed by atoms with Crippen LogP contribution < -0.4 is 16.0 Å². The molecule has 10 heteroatoms. The Morgan fingerprint density at radius 2 is 2.10 bits per heavy atom. The minimum atomic E-state index is -0.318. The highest BCUT2D eigenvalue weighted by Crippen LogP contribution is 2.40. The Hall–Kier alpha value is -3.53. The summed E-state index contributed by atoms with van der Waals surface area (Å²) in [6, 6.07) is 4.98. The van der Waals surface area contributed by atoms with Crippen molar-refractivity contribution in [1.82, 2.24) is 35.7 Å².